The highest BCUT2D eigenvalue weighted by Gasteiger charge is 2.37. The van der Waals surface area contributed by atoms with Crippen molar-refractivity contribution in [1.82, 2.24) is 5.32 Å². The molecule has 0 radical (unpaired) electrons. The number of carbonyl (C=O) groups is 2. The maximum absolute atomic E-state index is 12.0. The quantitative estimate of drug-likeness (QED) is 0.734. The molecule has 1 rings (SSSR count). The molecule has 1 fully saturated rings. The highest BCUT2D eigenvalue weighted by atomic mass is 16.5. The topological polar surface area (TPSA) is 75.6 Å². The van der Waals surface area contributed by atoms with Crippen molar-refractivity contribution in [3.05, 3.63) is 0 Å². The van der Waals surface area contributed by atoms with Gasteiger partial charge in [-0.3, -0.25) is 4.79 Å². The van der Waals surface area contributed by atoms with E-state index in [1.165, 1.54) is 7.11 Å². The number of ether oxygens (including phenoxy) is 1. The number of carbonyl (C=O) groups excluding carboxylic acids is 1. The number of carboxylic acids is 1. The molecule has 17 heavy (non-hydrogen) atoms. The minimum absolute atomic E-state index is 0.140. The second-order valence-electron chi connectivity index (χ2n) is 4.91. The molecule has 0 aliphatic heterocycles. The van der Waals surface area contributed by atoms with Gasteiger partial charge in [0.1, 0.15) is 6.04 Å². The summed E-state index contributed by atoms with van der Waals surface area (Å²) in [5.41, 5.74) is -0.388. The van der Waals surface area contributed by atoms with E-state index in [4.69, 9.17) is 9.84 Å². The summed E-state index contributed by atoms with van der Waals surface area (Å²) in [4.78, 5) is 23.0. The van der Waals surface area contributed by atoms with Gasteiger partial charge >= 0.3 is 5.97 Å². The summed E-state index contributed by atoms with van der Waals surface area (Å²) in [6.07, 6.45) is 4.07. The molecule has 0 aromatic carbocycles. The Bertz CT molecular complexity index is 284. The number of methoxy groups -OCH3 is 1. The summed E-state index contributed by atoms with van der Waals surface area (Å²) in [6, 6.07) is -0.847. The van der Waals surface area contributed by atoms with Crippen molar-refractivity contribution in [2.45, 2.75) is 45.1 Å². The zero-order valence-electron chi connectivity index (χ0n) is 10.5. The maximum Gasteiger partial charge on any atom is 0.326 e. The van der Waals surface area contributed by atoms with Crippen LogP contribution in [0.2, 0.25) is 0 Å². The molecule has 0 spiro atoms. The van der Waals surface area contributed by atoms with Crippen LogP contribution in [0, 0.1) is 5.41 Å². The van der Waals surface area contributed by atoms with Gasteiger partial charge in [-0.2, -0.15) is 0 Å². The third-order valence-corrected chi connectivity index (χ3v) is 3.47. The summed E-state index contributed by atoms with van der Waals surface area (Å²) in [5, 5.41) is 11.6. The Morgan fingerprint density at radius 1 is 1.41 bits per heavy atom. The number of amides is 1. The fourth-order valence-corrected chi connectivity index (χ4v) is 2.21. The van der Waals surface area contributed by atoms with Gasteiger partial charge in [0, 0.05) is 25.6 Å². The average molecular weight is 243 g/mol. The molecule has 1 atom stereocenters. The second-order valence-corrected chi connectivity index (χ2v) is 4.91. The Hall–Kier alpha value is -1.10. The van der Waals surface area contributed by atoms with Crippen LogP contribution < -0.4 is 5.32 Å². The normalized spacial score (nSPS) is 19.9. The van der Waals surface area contributed by atoms with Crippen molar-refractivity contribution in [1.29, 1.82) is 0 Å². The fourth-order valence-electron chi connectivity index (χ4n) is 2.21. The Labute approximate surface area is 102 Å². The van der Waals surface area contributed by atoms with Gasteiger partial charge in [0.05, 0.1) is 0 Å². The number of hydrogen-bond donors (Lipinski definition) is 2. The van der Waals surface area contributed by atoms with E-state index in [2.05, 4.69) is 5.32 Å². The van der Waals surface area contributed by atoms with Gasteiger partial charge in [-0.05, 0) is 12.8 Å². The van der Waals surface area contributed by atoms with E-state index in [0.717, 1.165) is 25.7 Å². The predicted octanol–water partition coefficient (Wildman–Crippen LogP) is 1.17. The Morgan fingerprint density at radius 3 is 2.47 bits per heavy atom. The van der Waals surface area contributed by atoms with E-state index in [1.54, 1.807) is 0 Å². The third-order valence-electron chi connectivity index (χ3n) is 3.47. The van der Waals surface area contributed by atoms with Gasteiger partial charge in [0.25, 0.3) is 0 Å². The summed E-state index contributed by atoms with van der Waals surface area (Å²) in [7, 11) is 1.51. The molecule has 0 saturated heterocycles. The van der Waals surface area contributed by atoms with Crippen molar-refractivity contribution in [2.75, 3.05) is 13.7 Å². The van der Waals surface area contributed by atoms with Crippen LogP contribution in [-0.2, 0) is 14.3 Å². The Kier molecular flexibility index (Phi) is 4.93. The second kappa shape index (κ2) is 6.00. The molecule has 2 N–H and O–H groups in total. The molecule has 1 amide bonds. The fraction of sp³-hybridized carbons (Fsp3) is 0.833. The lowest BCUT2D eigenvalue weighted by Gasteiger charge is -2.25. The SMILES string of the molecule is COCCC(NC(=O)C1(C)CCCC1)C(=O)O. The molecule has 0 aromatic heterocycles. The van der Waals surface area contributed by atoms with Crippen LogP contribution in [0.1, 0.15) is 39.0 Å². The monoisotopic (exact) mass is 243 g/mol. The Morgan fingerprint density at radius 2 is 2.00 bits per heavy atom. The lowest BCUT2D eigenvalue weighted by Crippen LogP contribution is -2.47. The van der Waals surface area contributed by atoms with Gasteiger partial charge in [0.15, 0.2) is 0 Å². The van der Waals surface area contributed by atoms with Crippen molar-refractivity contribution in [3.8, 4) is 0 Å². The Balaban J connectivity index is 2.54. The molecule has 5 heteroatoms. The maximum atomic E-state index is 12.0. The standard InChI is InChI=1S/C12H21NO4/c1-12(6-3-4-7-12)11(16)13-9(10(14)15)5-8-17-2/h9H,3-8H2,1-2H3,(H,13,16)(H,14,15). The van der Waals surface area contributed by atoms with Crippen LogP contribution in [0.4, 0.5) is 0 Å². The van der Waals surface area contributed by atoms with Crippen LogP contribution >= 0.6 is 0 Å². The van der Waals surface area contributed by atoms with Gasteiger partial charge in [-0.15, -0.1) is 0 Å². The first-order valence-corrected chi connectivity index (χ1v) is 6.02. The van der Waals surface area contributed by atoms with E-state index in [0.29, 0.717) is 13.0 Å². The summed E-state index contributed by atoms with van der Waals surface area (Å²) in [5.74, 6) is -1.14. The third kappa shape index (κ3) is 3.70. The first-order valence-electron chi connectivity index (χ1n) is 6.02. The van der Waals surface area contributed by atoms with Crippen molar-refractivity contribution in [3.63, 3.8) is 0 Å². The minimum Gasteiger partial charge on any atom is -0.480 e. The van der Waals surface area contributed by atoms with Crippen LogP contribution in [0.25, 0.3) is 0 Å². The van der Waals surface area contributed by atoms with Gasteiger partial charge in [-0.25, -0.2) is 4.79 Å². The average Bonchev–Trinajstić information content (AvgIpc) is 2.72. The van der Waals surface area contributed by atoms with E-state index in [9.17, 15) is 9.59 Å². The minimum atomic E-state index is -1.00. The number of aliphatic carboxylic acids is 1. The molecule has 1 unspecified atom stereocenters. The molecule has 0 bridgehead atoms. The lowest BCUT2D eigenvalue weighted by atomic mass is 9.87. The molecule has 0 aromatic rings. The zero-order chi connectivity index (χ0) is 12.9. The zero-order valence-corrected chi connectivity index (χ0v) is 10.5. The molecular weight excluding hydrogens is 222 g/mol. The van der Waals surface area contributed by atoms with Crippen molar-refractivity contribution >= 4 is 11.9 Å². The van der Waals surface area contributed by atoms with Crippen molar-refractivity contribution in [2.24, 2.45) is 5.41 Å². The number of nitrogens with one attached hydrogen (secondary N) is 1. The molecule has 5 nitrogen and oxygen atoms in total. The predicted molar refractivity (Wildman–Crippen MR) is 62.6 cm³/mol. The van der Waals surface area contributed by atoms with Crippen LogP contribution in [0.5, 0.6) is 0 Å². The smallest absolute Gasteiger partial charge is 0.326 e. The van der Waals surface area contributed by atoms with E-state index >= 15 is 0 Å². The van der Waals surface area contributed by atoms with Crippen molar-refractivity contribution < 1.29 is 19.4 Å². The summed E-state index contributed by atoms with van der Waals surface area (Å²) in [6.45, 7) is 2.23. The lowest BCUT2D eigenvalue weighted by molar-refractivity contribution is -0.144. The van der Waals surface area contributed by atoms with E-state index in [1.807, 2.05) is 6.92 Å². The number of hydrogen-bond acceptors (Lipinski definition) is 3. The van der Waals surface area contributed by atoms with Gasteiger partial charge in [-0.1, -0.05) is 19.8 Å². The highest BCUT2D eigenvalue weighted by Crippen LogP contribution is 2.37. The van der Waals surface area contributed by atoms with Crippen LogP contribution in [0.15, 0.2) is 0 Å². The number of carboxylic acid groups (broad SMARTS) is 1. The first kappa shape index (κ1) is 14.0. The summed E-state index contributed by atoms with van der Waals surface area (Å²) >= 11 is 0. The number of rotatable bonds is 6. The van der Waals surface area contributed by atoms with Gasteiger partial charge < -0.3 is 15.2 Å². The van der Waals surface area contributed by atoms with Gasteiger partial charge in [0.2, 0.25) is 5.91 Å². The first-order chi connectivity index (χ1) is 7.99. The molecule has 98 valence electrons. The van der Waals surface area contributed by atoms with Crippen LogP contribution in [0.3, 0.4) is 0 Å². The summed E-state index contributed by atoms with van der Waals surface area (Å²) < 4.78 is 4.84. The highest BCUT2D eigenvalue weighted by molar-refractivity contribution is 5.87. The molecule has 0 heterocycles. The molecular formula is C12H21NO4. The van der Waals surface area contributed by atoms with E-state index in [-0.39, 0.29) is 11.3 Å². The molecule has 1 aliphatic carbocycles. The van der Waals surface area contributed by atoms with E-state index < -0.39 is 12.0 Å². The molecule has 1 saturated carbocycles. The molecule has 1 aliphatic rings. The largest absolute Gasteiger partial charge is 0.480 e. The van der Waals surface area contributed by atoms with Crippen LogP contribution in [-0.4, -0.2) is 36.7 Å².